The fraction of sp³-hybridized carbons (Fsp3) is 0.421. The average Bonchev–Trinajstić information content (AvgIpc) is 3.17. The molecule has 2 aromatic rings. The third kappa shape index (κ3) is 4.99. The summed E-state index contributed by atoms with van der Waals surface area (Å²) in [5.74, 6) is 0.157. The summed E-state index contributed by atoms with van der Waals surface area (Å²) in [4.78, 5) is 28.9. The average molecular weight is 405 g/mol. The highest BCUT2D eigenvalue weighted by molar-refractivity contribution is 7.13. The summed E-state index contributed by atoms with van der Waals surface area (Å²) >= 11 is 1.39. The minimum Gasteiger partial charge on any atom is -0.465 e. The van der Waals surface area contributed by atoms with Crippen LogP contribution >= 0.6 is 11.3 Å². The van der Waals surface area contributed by atoms with E-state index in [1.54, 1.807) is 18.4 Å². The highest BCUT2D eigenvalue weighted by Crippen LogP contribution is 2.32. The third-order valence-electron chi connectivity index (χ3n) is 4.68. The Labute approximate surface area is 166 Å². The van der Waals surface area contributed by atoms with E-state index in [0.717, 1.165) is 5.56 Å². The predicted molar refractivity (Wildman–Crippen MR) is 105 cm³/mol. The number of nitrogens with zero attached hydrogens (tertiary/aromatic N) is 2. The lowest BCUT2D eigenvalue weighted by Gasteiger charge is -2.29. The Morgan fingerprint density at radius 1 is 1.36 bits per heavy atom. The maximum atomic E-state index is 12.2. The second-order valence-electron chi connectivity index (χ2n) is 6.74. The molecular weight excluding hydrogens is 382 g/mol. The van der Waals surface area contributed by atoms with Gasteiger partial charge >= 0.3 is 12.2 Å². The normalized spacial score (nSPS) is 15.9. The summed E-state index contributed by atoms with van der Waals surface area (Å²) in [6, 6.07) is 7.28. The lowest BCUT2D eigenvalue weighted by atomic mass is 9.98. The zero-order chi connectivity index (χ0) is 20.1. The first-order chi connectivity index (χ1) is 13.4. The quantitative estimate of drug-likeness (QED) is 0.697. The number of aromatic nitrogens is 1. The zero-order valence-corrected chi connectivity index (χ0v) is 16.3. The van der Waals surface area contributed by atoms with Crippen molar-refractivity contribution < 1.29 is 24.5 Å². The molecule has 2 heterocycles. The Balaban J connectivity index is 1.57. The second-order valence-corrected chi connectivity index (χ2v) is 7.59. The molecule has 1 fully saturated rings. The number of carboxylic acid groups (broad SMARTS) is 1. The highest BCUT2D eigenvalue weighted by atomic mass is 32.1. The number of carbonyl (C=O) groups excluding carboxylic acids is 1. The molecule has 1 unspecified atom stereocenters. The lowest BCUT2D eigenvalue weighted by molar-refractivity contribution is 0.0948. The summed E-state index contributed by atoms with van der Waals surface area (Å²) in [6.45, 7) is 2.83. The van der Waals surface area contributed by atoms with Crippen LogP contribution in [-0.4, -0.2) is 52.0 Å². The number of nitrogens with one attached hydrogen (secondary N) is 1. The van der Waals surface area contributed by atoms with Crippen LogP contribution in [0.5, 0.6) is 0 Å². The first-order valence-corrected chi connectivity index (χ1v) is 9.96. The number of aliphatic hydroxyl groups excluding tert-OH is 1. The molecular formula is C19H23N3O5S. The Hall–Kier alpha value is -2.65. The summed E-state index contributed by atoms with van der Waals surface area (Å²) in [7, 11) is 0. The second kappa shape index (κ2) is 9.03. The van der Waals surface area contributed by atoms with E-state index < -0.39 is 18.3 Å². The highest BCUT2D eigenvalue weighted by Gasteiger charge is 2.23. The van der Waals surface area contributed by atoms with Gasteiger partial charge in [-0.3, -0.25) is 5.32 Å². The van der Waals surface area contributed by atoms with Crippen LogP contribution < -0.4 is 5.32 Å². The number of hydrogen-bond acceptors (Lipinski definition) is 6. The molecule has 8 nitrogen and oxygen atoms in total. The van der Waals surface area contributed by atoms with E-state index in [2.05, 4.69) is 10.3 Å². The molecule has 0 radical (unpaired) electrons. The maximum Gasteiger partial charge on any atom is 0.411 e. The Morgan fingerprint density at radius 3 is 2.71 bits per heavy atom. The molecule has 2 amide bonds. The van der Waals surface area contributed by atoms with Gasteiger partial charge in [-0.15, -0.1) is 11.3 Å². The largest absolute Gasteiger partial charge is 0.465 e. The standard InChI is InChI=1S/C19H23N3O5S/c1-12(23)16-11-28-17(20-16)14-4-2-3-5-15(14)21-18(24)27-10-13-6-8-22(9-7-13)19(25)26/h2-5,11-13,23H,6-10H2,1H3,(H,21,24)(H,25,26). The number of para-hydroxylation sites is 1. The molecule has 150 valence electrons. The van der Waals surface area contributed by atoms with Gasteiger partial charge in [0, 0.05) is 24.0 Å². The molecule has 1 saturated heterocycles. The molecule has 1 atom stereocenters. The molecule has 1 aromatic heterocycles. The van der Waals surface area contributed by atoms with Crippen molar-refractivity contribution in [3.8, 4) is 10.6 Å². The number of hydrogen-bond donors (Lipinski definition) is 3. The van der Waals surface area contributed by atoms with E-state index in [1.165, 1.54) is 16.2 Å². The number of thiazole rings is 1. The van der Waals surface area contributed by atoms with Crippen molar-refractivity contribution in [3.63, 3.8) is 0 Å². The molecule has 0 aliphatic carbocycles. The van der Waals surface area contributed by atoms with Crippen LogP contribution in [-0.2, 0) is 4.74 Å². The van der Waals surface area contributed by atoms with Crippen molar-refractivity contribution >= 4 is 29.2 Å². The van der Waals surface area contributed by atoms with Gasteiger partial charge in [-0.25, -0.2) is 14.6 Å². The number of piperidine rings is 1. The number of anilines is 1. The van der Waals surface area contributed by atoms with Crippen molar-refractivity contribution in [1.82, 2.24) is 9.88 Å². The number of carbonyl (C=O) groups is 2. The van der Waals surface area contributed by atoms with Crippen molar-refractivity contribution in [3.05, 3.63) is 35.3 Å². The molecule has 0 bridgehead atoms. The van der Waals surface area contributed by atoms with Crippen molar-refractivity contribution in [1.29, 1.82) is 0 Å². The van der Waals surface area contributed by atoms with Gasteiger partial charge in [-0.1, -0.05) is 12.1 Å². The van der Waals surface area contributed by atoms with Crippen LogP contribution in [0, 0.1) is 5.92 Å². The van der Waals surface area contributed by atoms with Crippen molar-refractivity contribution in [2.45, 2.75) is 25.9 Å². The van der Waals surface area contributed by atoms with E-state index >= 15 is 0 Å². The Bertz CT molecular complexity index is 830. The molecule has 9 heteroatoms. The van der Waals surface area contributed by atoms with Crippen molar-refractivity contribution in [2.75, 3.05) is 25.0 Å². The monoisotopic (exact) mass is 405 g/mol. The van der Waals surface area contributed by atoms with E-state index in [9.17, 15) is 14.7 Å². The van der Waals surface area contributed by atoms with Crippen LogP contribution in [0.2, 0.25) is 0 Å². The van der Waals surface area contributed by atoms with Gasteiger partial charge in [0.1, 0.15) is 5.01 Å². The van der Waals surface area contributed by atoms with E-state index in [0.29, 0.717) is 42.3 Å². The van der Waals surface area contributed by atoms with E-state index in [-0.39, 0.29) is 12.5 Å². The van der Waals surface area contributed by atoms with Crippen LogP contribution in [0.25, 0.3) is 10.6 Å². The minimum atomic E-state index is -0.908. The maximum absolute atomic E-state index is 12.2. The van der Waals surface area contributed by atoms with Crippen LogP contribution in [0.15, 0.2) is 29.6 Å². The van der Waals surface area contributed by atoms with Gasteiger partial charge in [0.15, 0.2) is 0 Å². The number of ether oxygens (including phenoxy) is 1. The Morgan fingerprint density at radius 2 is 2.07 bits per heavy atom. The Kier molecular flexibility index (Phi) is 6.48. The molecule has 0 spiro atoms. The minimum absolute atomic E-state index is 0.157. The number of likely N-dealkylation sites (tertiary alicyclic amines) is 1. The molecule has 0 saturated carbocycles. The number of rotatable bonds is 5. The summed E-state index contributed by atoms with van der Waals surface area (Å²) in [5.41, 5.74) is 1.93. The van der Waals surface area contributed by atoms with Crippen LogP contribution in [0.3, 0.4) is 0 Å². The number of aliphatic hydroxyl groups is 1. The predicted octanol–water partition coefficient (Wildman–Crippen LogP) is 3.80. The summed E-state index contributed by atoms with van der Waals surface area (Å²) < 4.78 is 5.34. The summed E-state index contributed by atoms with van der Waals surface area (Å²) in [6.07, 6.45) is -0.757. The smallest absolute Gasteiger partial charge is 0.411 e. The van der Waals surface area contributed by atoms with Gasteiger partial charge in [0.05, 0.1) is 24.1 Å². The lowest BCUT2D eigenvalue weighted by Crippen LogP contribution is -2.38. The molecule has 28 heavy (non-hydrogen) atoms. The topological polar surface area (TPSA) is 112 Å². The molecule has 1 aliphatic rings. The van der Waals surface area contributed by atoms with Crippen molar-refractivity contribution in [2.24, 2.45) is 5.92 Å². The number of benzene rings is 1. The summed E-state index contributed by atoms with van der Waals surface area (Å²) in [5, 5.41) is 23.9. The first-order valence-electron chi connectivity index (χ1n) is 9.08. The number of amides is 2. The van der Waals surface area contributed by atoms with Gasteiger partial charge in [-0.2, -0.15) is 0 Å². The third-order valence-corrected chi connectivity index (χ3v) is 5.57. The van der Waals surface area contributed by atoms with Gasteiger partial charge in [-0.05, 0) is 37.8 Å². The van der Waals surface area contributed by atoms with E-state index in [4.69, 9.17) is 9.84 Å². The fourth-order valence-corrected chi connectivity index (χ4v) is 3.96. The molecule has 3 N–H and O–H groups in total. The van der Waals surface area contributed by atoms with Gasteiger partial charge in [0.2, 0.25) is 0 Å². The molecule has 1 aliphatic heterocycles. The van der Waals surface area contributed by atoms with Gasteiger partial charge in [0.25, 0.3) is 0 Å². The van der Waals surface area contributed by atoms with E-state index in [1.807, 2.05) is 18.2 Å². The molecule has 3 rings (SSSR count). The van der Waals surface area contributed by atoms with Crippen LogP contribution in [0.1, 0.15) is 31.6 Å². The van der Waals surface area contributed by atoms with Gasteiger partial charge < -0.3 is 19.8 Å². The SMILES string of the molecule is CC(O)c1csc(-c2ccccc2NC(=O)OCC2CCN(C(=O)O)CC2)n1. The fourth-order valence-electron chi connectivity index (χ4n) is 3.01. The van der Waals surface area contributed by atoms with Crippen LogP contribution in [0.4, 0.5) is 15.3 Å². The zero-order valence-electron chi connectivity index (χ0n) is 15.5. The molecule has 1 aromatic carbocycles. The first kappa shape index (κ1) is 20.1.